The normalized spacial score (nSPS) is 4.50. The zero-order valence-corrected chi connectivity index (χ0v) is 3.75. The first-order valence-electron chi connectivity index (χ1n) is 0.707. The Hall–Kier alpha value is 0.424. The number of hydrogen-bond donors (Lipinski definition) is 1. The van der Waals surface area contributed by atoms with Crippen molar-refractivity contribution in [2.75, 3.05) is 0 Å². The summed E-state index contributed by atoms with van der Waals surface area (Å²) in [6.45, 7) is 0. The first-order valence-corrected chi connectivity index (χ1v) is 0.707. The third-order valence-electron chi connectivity index (χ3n) is 0. The molecule has 43 valence electrons. The van der Waals surface area contributed by atoms with Crippen LogP contribution in [-0.4, -0.2) is 7.32 Å². The van der Waals surface area contributed by atoms with Crippen LogP contribution in [0.3, 0.4) is 0 Å². The minimum atomic E-state index is -2.92. The largest absolute Gasteiger partial charge is 0.907 e. The summed E-state index contributed by atoms with van der Waals surface area (Å²) in [6.07, 6.45) is 0. The Kier molecular flexibility index (Phi) is 24.3. The van der Waals surface area contributed by atoms with Gasteiger partial charge in [-0.2, -0.15) is 0 Å². The maximum atomic E-state index is 8.42. The van der Waals surface area contributed by atoms with Gasteiger partial charge in [-0.05, 0) is 0 Å². The molecule has 6 heavy (non-hydrogen) atoms. The molecule has 3 N–H and O–H groups in total. The van der Waals surface area contributed by atoms with E-state index >= 15 is 0 Å². The van der Waals surface area contributed by atoms with Gasteiger partial charge in [-0.25, -0.2) is 0 Å². The topological polar surface area (TPSA) is 104 Å². The van der Waals surface area contributed by atoms with Crippen molar-refractivity contribution in [1.29, 1.82) is 0 Å². The molecular formula is H3BCuNO3-3. The van der Waals surface area contributed by atoms with Crippen LogP contribution in [0.25, 0.3) is 0 Å². The molecule has 0 atom stereocenters. The third kappa shape index (κ3) is 288. The van der Waals surface area contributed by atoms with E-state index in [1.807, 2.05) is 0 Å². The first-order chi connectivity index (χ1) is 1.73. The fourth-order valence-corrected chi connectivity index (χ4v) is 0. The molecule has 0 rings (SSSR count). The standard InChI is InChI=1S/BO3.Cu.H3N/c2-1(3)4;;/h;;1H3/q-3;;. The second kappa shape index (κ2) is 9.06. The van der Waals surface area contributed by atoms with Crippen LogP contribution in [0.15, 0.2) is 0 Å². The Bertz CT molecular complexity index is 15.5. The molecule has 0 saturated carbocycles. The van der Waals surface area contributed by atoms with E-state index in [0.29, 0.717) is 0 Å². The van der Waals surface area contributed by atoms with E-state index in [9.17, 15) is 0 Å². The van der Waals surface area contributed by atoms with Gasteiger partial charge in [0.25, 0.3) is 0 Å². The predicted octanol–water partition coefficient (Wildman–Crippen LogP) is -3.79. The van der Waals surface area contributed by atoms with Gasteiger partial charge < -0.3 is 21.2 Å². The molecule has 0 aliphatic carbocycles. The van der Waals surface area contributed by atoms with Crippen LogP contribution in [0.5, 0.6) is 0 Å². The molecule has 0 saturated heterocycles. The molecule has 1 radical (unpaired) electrons. The monoisotopic (exact) mass is 139 g/mol. The van der Waals surface area contributed by atoms with E-state index in [2.05, 4.69) is 0 Å². The molecule has 0 fully saturated rings. The minimum absolute atomic E-state index is 0. The molecule has 0 amide bonds. The van der Waals surface area contributed by atoms with Gasteiger partial charge in [-0.1, -0.05) is 0 Å². The van der Waals surface area contributed by atoms with Crippen LogP contribution in [0.1, 0.15) is 0 Å². The molecule has 0 spiro atoms. The zero-order valence-electron chi connectivity index (χ0n) is 2.81. The zero-order chi connectivity index (χ0) is 3.58. The van der Waals surface area contributed by atoms with Gasteiger partial charge in [0.2, 0.25) is 0 Å². The van der Waals surface area contributed by atoms with E-state index in [1.165, 1.54) is 0 Å². The smallest absolute Gasteiger partial charge is 0 e. The maximum absolute atomic E-state index is 8.42. The van der Waals surface area contributed by atoms with Crippen LogP contribution < -0.4 is 21.2 Å². The van der Waals surface area contributed by atoms with Crippen molar-refractivity contribution in [2.45, 2.75) is 0 Å². The van der Waals surface area contributed by atoms with Gasteiger partial charge in [-0.3, -0.25) is 7.32 Å². The summed E-state index contributed by atoms with van der Waals surface area (Å²) in [5.74, 6) is 0. The summed E-state index contributed by atoms with van der Waals surface area (Å²) in [4.78, 5) is 0. The molecule has 0 aromatic rings. The van der Waals surface area contributed by atoms with Gasteiger partial charge in [0, 0.05) is 17.1 Å². The Morgan fingerprint density at radius 1 is 1.00 bits per heavy atom. The summed E-state index contributed by atoms with van der Waals surface area (Å²) < 4.78 is 0. The SMILES string of the molecule is N.[Cu].[O-]B([O-])[O-]. The predicted molar refractivity (Wildman–Crippen MR) is 10.8 cm³/mol. The molecule has 0 aliphatic heterocycles. The average Bonchev–Trinajstić information content (AvgIpc) is 0.811. The van der Waals surface area contributed by atoms with E-state index in [4.69, 9.17) is 15.1 Å². The van der Waals surface area contributed by atoms with Gasteiger partial charge in [-0.15, -0.1) is 0 Å². The quantitative estimate of drug-likeness (QED) is 0.348. The summed E-state index contributed by atoms with van der Waals surface area (Å²) in [5.41, 5.74) is 0. The van der Waals surface area contributed by atoms with Crippen LogP contribution in [0.2, 0.25) is 0 Å². The molecule has 0 aromatic carbocycles. The van der Waals surface area contributed by atoms with Crippen LogP contribution in [0.4, 0.5) is 0 Å². The average molecular weight is 139 g/mol. The number of rotatable bonds is 0. The van der Waals surface area contributed by atoms with Crippen LogP contribution in [0, 0.1) is 0 Å². The van der Waals surface area contributed by atoms with Crippen molar-refractivity contribution in [1.82, 2.24) is 6.15 Å². The molecule has 0 aliphatic rings. The summed E-state index contributed by atoms with van der Waals surface area (Å²) >= 11 is 0. The van der Waals surface area contributed by atoms with Crippen molar-refractivity contribution < 1.29 is 32.1 Å². The van der Waals surface area contributed by atoms with Gasteiger partial charge in [0.05, 0.1) is 0 Å². The van der Waals surface area contributed by atoms with Gasteiger partial charge in [0.1, 0.15) is 0 Å². The van der Waals surface area contributed by atoms with E-state index in [1.54, 1.807) is 0 Å². The van der Waals surface area contributed by atoms with Crippen LogP contribution in [-0.2, 0) is 17.1 Å². The van der Waals surface area contributed by atoms with E-state index < -0.39 is 7.32 Å². The van der Waals surface area contributed by atoms with Crippen molar-refractivity contribution >= 4 is 7.32 Å². The molecule has 6 heteroatoms. The summed E-state index contributed by atoms with van der Waals surface area (Å²) in [7, 11) is -2.92. The molecule has 0 bridgehead atoms. The van der Waals surface area contributed by atoms with Crippen LogP contribution >= 0.6 is 0 Å². The molecule has 0 aromatic heterocycles. The van der Waals surface area contributed by atoms with E-state index in [0.717, 1.165) is 0 Å². The molecular weight excluding hydrogens is 136 g/mol. The van der Waals surface area contributed by atoms with Crippen molar-refractivity contribution in [2.24, 2.45) is 0 Å². The Balaban J connectivity index is -0.0000000450. The maximum Gasteiger partial charge on any atom is 0 e. The van der Waals surface area contributed by atoms with Crippen molar-refractivity contribution in [3.8, 4) is 0 Å². The van der Waals surface area contributed by atoms with E-state index in [-0.39, 0.29) is 23.2 Å². The molecule has 0 unspecified atom stereocenters. The first kappa shape index (κ1) is 16.1. The summed E-state index contributed by atoms with van der Waals surface area (Å²) in [6, 6.07) is 0. The van der Waals surface area contributed by atoms with Gasteiger partial charge >= 0.3 is 0 Å². The van der Waals surface area contributed by atoms with Crippen molar-refractivity contribution in [3.05, 3.63) is 0 Å². The Morgan fingerprint density at radius 2 is 1.00 bits per heavy atom. The Morgan fingerprint density at radius 3 is 1.00 bits per heavy atom. The molecule has 0 heterocycles. The van der Waals surface area contributed by atoms with Gasteiger partial charge in [0.15, 0.2) is 0 Å². The fraction of sp³-hybridized carbons (Fsp3) is 0. The fourth-order valence-electron chi connectivity index (χ4n) is 0. The third-order valence-corrected chi connectivity index (χ3v) is 0. The molecule has 4 nitrogen and oxygen atoms in total. The second-order valence-corrected chi connectivity index (χ2v) is 0.289. The second-order valence-electron chi connectivity index (χ2n) is 0.289. The minimum Gasteiger partial charge on any atom is -0.907 e. The summed E-state index contributed by atoms with van der Waals surface area (Å²) in [5, 5.41) is 25.2. The number of hydrogen-bond acceptors (Lipinski definition) is 4. The Labute approximate surface area is 46.4 Å². The van der Waals surface area contributed by atoms with Crippen molar-refractivity contribution in [3.63, 3.8) is 0 Å².